The number of imidazole rings is 1. The van der Waals surface area contributed by atoms with Gasteiger partial charge in [-0.1, -0.05) is 224 Å². The molecule has 0 saturated heterocycles. The average Bonchev–Trinajstić information content (AvgIpc) is 4.26. The van der Waals surface area contributed by atoms with Crippen LogP contribution in [0.5, 0.6) is 0 Å². The molecule has 0 atom stereocenters. The Kier molecular flexibility index (Phi) is 13.5. The third-order valence-corrected chi connectivity index (χ3v) is 18.2. The van der Waals surface area contributed by atoms with Crippen LogP contribution in [0.25, 0.3) is 93.0 Å². The van der Waals surface area contributed by atoms with Crippen molar-refractivity contribution in [1.82, 2.24) is 19.5 Å². The van der Waals surface area contributed by atoms with Gasteiger partial charge >= 0.3 is 0 Å². The molecule has 0 amide bonds. The minimum atomic E-state index is -2.36. The van der Waals surface area contributed by atoms with Crippen LogP contribution in [0.4, 0.5) is 4.39 Å². The zero-order valence-electron chi connectivity index (χ0n) is 44.4. The minimum absolute atomic E-state index is 0. The van der Waals surface area contributed by atoms with Crippen LogP contribution in [0, 0.1) is 30.7 Å². The summed E-state index contributed by atoms with van der Waals surface area (Å²) in [4.78, 5) is 14.9. The van der Waals surface area contributed by atoms with Gasteiger partial charge < -0.3 is 9.55 Å². The summed E-state index contributed by atoms with van der Waals surface area (Å²) in [7, 11) is -1.98. The second-order valence-corrected chi connectivity index (χ2v) is 24.7. The van der Waals surface area contributed by atoms with E-state index in [9.17, 15) is 4.39 Å². The normalized spacial score (nSPS) is 12.2. The molecule has 0 unspecified atom stereocenters. The van der Waals surface area contributed by atoms with E-state index in [1.54, 1.807) is 11.3 Å². The van der Waals surface area contributed by atoms with Gasteiger partial charge in [-0.05, 0) is 74.9 Å². The molecule has 0 bridgehead atoms. The molecular formula is C66H53FIrN4SSi-2. The van der Waals surface area contributed by atoms with E-state index in [-0.39, 0.29) is 31.2 Å². The van der Waals surface area contributed by atoms with Crippen LogP contribution in [0.2, 0.25) is 13.1 Å². The van der Waals surface area contributed by atoms with Gasteiger partial charge in [-0.25, -0.2) is 0 Å². The van der Waals surface area contributed by atoms with Crippen molar-refractivity contribution in [2.75, 3.05) is 0 Å². The molecule has 0 N–H and O–H groups in total. The summed E-state index contributed by atoms with van der Waals surface area (Å²) in [5.41, 5.74) is 13.8. The molecule has 4 heterocycles. The van der Waals surface area contributed by atoms with Crippen molar-refractivity contribution >= 4 is 61.1 Å². The van der Waals surface area contributed by atoms with Crippen molar-refractivity contribution < 1.29 is 28.6 Å². The molecule has 0 aliphatic heterocycles. The summed E-state index contributed by atoms with van der Waals surface area (Å²) in [5.74, 6) is 0.693. The second kappa shape index (κ2) is 21.6. The number of aromatic nitrogens is 4. The SMILES string of the molecule is [2H]C([2H])([2H])c1c[c-]c(-c2cc(CC(C)C)c([Si](C)(C)c3ccccc3)cn2)c(F)c1.[Ir].[c-]1cc(-c2ccccc2)c2c(sc3cc(-c4ccccc4)cnc32)c1-c1nc2ccccc2n1-c1ccc(-c2ccccc2)cc1. The Hall–Kier alpha value is -7.45. The number of pyridine rings is 2. The van der Waals surface area contributed by atoms with Crippen molar-refractivity contribution in [3.8, 4) is 61.7 Å². The van der Waals surface area contributed by atoms with Crippen LogP contribution >= 0.6 is 11.3 Å². The molecule has 0 spiro atoms. The molecule has 4 aromatic heterocycles. The molecule has 4 nitrogen and oxygen atoms in total. The quantitative estimate of drug-likeness (QED) is 0.101. The molecule has 365 valence electrons. The number of aryl methyl sites for hydroxylation is 1. The van der Waals surface area contributed by atoms with Crippen molar-refractivity contribution in [2.24, 2.45) is 5.92 Å². The number of fused-ring (bicyclic) bond motifs is 4. The molecular weight excluding hydrogens is 1120 g/mol. The fourth-order valence-corrected chi connectivity index (χ4v) is 13.8. The fraction of sp³-hybridized carbons (Fsp3) is 0.106. The Labute approximate surface area is 455 Å². The Morgan fingerprint density at radius 3 is 1.92 bits per heavy atom. The van der Waals surface area contributed by atoms with Gasteiger partial charge in [0.25, 0.3) is 0 Å². The van der Waals surface area contributed by atoms with E-state index in [2.05, 4.69) is 206 Å². The predicted octanol–water partition coefficient (Wildman–Crippen LogP) is 16.3. The maximum absolute atomic E-state index is 14.7. The molecule has 8 aromatic carbocycles. The molecule has 8 heteroatoms. The molecule has 0 fully saturated rings. The Balaban J connectivity index is 0.000000189. The molecule has 12 rings (SSSR count). The summed E-state index contributed by atoms with van der Waals surface area (Å²) in [6, 6.07) is 74.4. The number of hydrogen-bond donors (Lipinski definition) is 0. The second-order valence-electron chi connectivity index (χ2n) is 19.3. The fourth-order valence-electron chi connectivity index (χ4n) is 9.86. The molecule has 0 aliphatic rings. The molecule has 1 radical (unpaired) electrons. The van der Waals surface area contributed by atoms with Crippen molar-refractivity contribution in [1.29, 1.82) is 0 Å². The first-order valence-electron chi connectivity index (χ1n) is 26.1. The summed E-state index contributed by atoms with van der Waals surface area (Å²) in [6.45, 7) is 6.58. The molecule has 12 aromatic rings. The summed E-state index contributed by atoms with van der Waals surface area (Å²) >= 11 is 1.77. The number of nitrogens with zero attached hydrogens (tertiary/aromatic N) is 4. The first kappa shape index (κ1) is 46.3. The van der Waals surface area contributed by atoms with Crippen LogP contribution in [0.3, 0.4) is 0 Å². The van der Waals surface area contributed by atoms with Gasteiger partial charge in [-0.2, -0.15) is 11.3 Å². The minimum Gasteiger partial charge on any atom is -0.333 e. The third-order valence-electron chi connectivity index (χ3n) is 13.5. The van der Waals surface area contributed by atoms with Crippen molar-refractivity contribution in [3.63, 3.8) is 0 Å². The average molecular weight is 1180 g/mol. The predicted molar refractivity (Wildman–Crippen MR) is 307 cm³/mol. The van der Waals surface area contributed by atoms with Crippen LogP contribution in [-0.4, -0.2) is 27.6 Å². The van der Waals surface area contributed by atoms with Gasteiger partial charge in [0.1, 0.15) is 8.07 Å². The van der Waals surface area contributed by atoms with E-state index in [0.29, 0.717) is 11.6 Å². The van der Waals surface area contributed by atoms with Gasteiger partial charge in [-0.3, -0.25) is 14.4 Å². The van der Waals surface area contributed by atoms with E-state index in [4.69, 9.17) is 14.1 Å². The number of benzene rings is 8. The Morgan fingerprint density at radius 2 is 1.26 bits per heavy atom. The van der Waals surface area contributed by atoms with Crippen LogP contribution in [-0.2, 0) is 26.5 Å². The molecule has 0 saturated carbocycles. The zero-order valence-corrected chi connectivity index (χ0v) is 45.6. The molecule has 0 aliphatic carbocycles. The number of thiophene rings is 1. The number of rotatable bonds is 10. The summed E-state index contributed by atoms with van der Waals surface area (Å²) in [6.07, 6.45) is 4.75. The van der Waals surface area contributed by atoms with E-state index in [1.807, 2.05) is 42.7 Å². The first-order chi connectivity index (χ1) is 36.8. The topological polar surface area (TPSA) is 43.6 Å². The third kappa shape index (κ3) is 9.99. The summed E-state index contributed by atoms with van der Waals surface area (Å²) in [5, 5.41) is 3.70. The van der Waals surface area contributed by atoms with Gasteiger partial charge in [0.15, 0.2) is 0 Å². The maximum atomic E-state index is 14.7. The number of para-hydroxylation sites is 2. The van der Waals surface area contributed by atoms with Crippen LogP contribution in [0.15, 0.2) is 213 Å². The van der Waals surface area contributed by atoms with E-state index >= 15 is 0 Å². The van der Waals surface area contributed by atoms with E-state index < -0.39 is 20.7 Å². The van der Waals surface area contributed by atoms with Gasteiger partial charge in [0.2, 0.25) is 0 Å². The smallest absolute Gasteiger partial charge is 0.114 e. The van der Waals surface area contributed by atoms with Gasteiger partial charge in [0, 0.05) is 58.4 Å². The standard InChI is InChI=1S/C42H26N3S.C24H27FNSi.Ir/c1-4-12-28(13-5-1)30-20-22-33(23-21-30)45-37-19-11-10-18-36(37)44-42(45)35-25-24-34(31-16-8-3-9-17-31)39-40-38(46-41(35)39)26-32(27-43-40)29-14-6-2-7-15-29;1-17(2)13-19-15-23(21-12-11-18(3)14-22(21)25)26-16-24(19)27(4,5)20-9-7-6-8-10-20;/h1-24,26-27H;6-11,14-17H,13H2,1-5H3;/q2*-1;/i;3D3;. The number of halogens is 1. The van der Waals surface area contributed by atoms with Crippen molar-refractivity contribution in [3.05, 3.63) is 242 Å². The zero-order chi connectivity index (χ0) is 52.6. The Bertz CT molecular complexity index is 4020. The van der Waals surface area contributed by atoms with E-state index in [1.165, 1.54) is 33.1 Å². The van der Waals surface area contributed by atoms with Crippen LogP contribution < -0.4 is 10.4 Å². The van der Waals surface area contributed by atoms with Crippen molar-refractivity contribution in [2.45, 2.75) is 40.2 Å². The van der Waals surface area contributed by atoms with Gasteiger partial charge in [-0.15, -0.1) is 35.9 Å². The summed E-state index contributed by atoms with van der Waals surface area (Å²) < 4.78 is 41.7. The molecule has 74 heavy (non-hydrogen) atoms. The first-order valence-corrected chi connectivity index (χ1v) is 28.4. The van der Waals surface area contributed by atoms with Gasteiger partial charge in [0.05, 0.1) is 22.4 Å². The van der Waals surface area contributed by atoms with E-state index in [0.717, 1.165) is 83.2 Å². The largest absolute Gasteiger partial charge is 0.333 e. The van der Waals surface area contributed by atoms with Crippen LogP contribution in [0.1, 0.15) is 29.1 Å². The monoisotopic (exact) mass is 1180 g/mol. The number of hydrogen-bond acceptors (Lipinski definition) is 4. The Morgan fingerprint density at radius 1 is 0.649 bits per heavy atom. The maximum Gasteiger partial charge on any atom is 0.114 e.